The minimum Gasteiger partial charge on any atom is -0.478 e. The Hall–Kier alpha value is -2.41. The van der Waals surface area contributed by atoms with Crippen LogP contribution in [0.25, 0.3) is 0 Å². The zero-order valence-electron chi connectivity index (χ0n) is 11.4. The van der Waals surface area contributed by atoms with Crippen LogP contribution in [0.1, 0.15) is 23.0 Å². The molecule has 110 valence electrons. The number of nitrogens with one attached hydrogen (secondary N) is 1. The maximum Gasteiger partial charge on any atom is 0.338 e. The van der Waals surface area contributed by atoms with Crippen molar-refractivity contribution in [1.82, 2.24) is 9.88 Å². The summed E-state index contributed by atoms with van der Waals surface area (Å²) in [4.78, 5) is 29.0. The summed E-state index contributed by atoms with van der Waals surface area (Å²) in [5.74, 6) is -1.06. The van der Waals surface area contributed by atoms with E-state index in [1.807, 2.05) is 25.1 Å². The average molecular weight is 305 g/mol. The number of nitrogens with zero attached hydrogens (tertiary/aromatic N) is 2. The SMILES string of the molecule is CCN(Cc1ccccn1)C(=O)Nc1sccc1C(=O)O. The lowest BCUT2D eigenvalue weighted by Crippen LogP contribution is -2.34. The molecule has 0 unspecified atom stereocenters. The first-order valence-corrected chi connectivity index (χ1v) is 7.26. The molecule has 0 aliphatic rings. The normalized spacial score (nSPS) is 10.1. The number of hydrogen-bond acceptors (Lipinski definition) is 4. The molecule has 2 N–H and O–H groups in total. The van der Waals surface area contributed by atoms with Gasteiger partial charge in [0.1, 0.15) is 5.00 Å². The van der Waals surface area contributed by atoms with Crippen LogP contribution in [0.15, 0.2) is 35.8 Å². The zero-order valence-corrected chi connectivity index (χ0v) is 12.3. The quantitative estimate of drug-likeness (QED) is 0.889. The molecule has 2 amide bonds. The number of rotatable bonds is 5. The van der Waals surface area contributed by atoms with Gasteiger partial charge in [-0.2, -0.15) is 0 Å². The number of carboxylic acids is 1. The van der Waals surface area contributed by atoms with Crippen LogP contribution in [0, 0.1) is 0 Å². The van der Waals surface area contributed by atoms with Gasteiger partial charge in [0.05, 0.1) is 17.8 Å². The van der Waals surface area contributed by atoms with Crippen molar-refractivity contribution in [1.29, 1.82) is 0 Å². The van der Waals surface area contributed by atoms with E-state index < -0.39 is 5.97 Å². The second-order valence-corrected chi connectivity index (χ2v) is 5.15. The van der Waals surface area contributed by atoms with Crippen molar-refractivity contribution in [3.8, 4) is 0 Å². The molecule has 0 aromatic carbocycles. The van der Waals surface area contributed by atoms with E-state index in [2.05, 4.69) is 10.3 Å². The van der Waals surface area contributed by atoms with Gasteiger partial charge < -0.3 is 10.0 Å². The Labute approximate surface area is 126 Å². The molecule has 0 radical (unpaired) electrons. The first-order chi connectivity index (χ1) is 10.1. The number of aromatic nitrogens is 1. The maximum absolute atomic E-state index is 12.2. The number of carbonyl (C=O) groups excluding carboxylic acids is 1. The molecule has 0 spiro atoms. The molecule has 0 fully saturated rings. The Morgan fingerprint density at radius 1 is 1.38 bits per heavy atom. The van der Waals surface area contributed by atoms with Crippen molar-refractivity contribution >= 4 is 28.3 Å². The van der Waals surface area contributed by atoms with Crippen molar-refractivity contribution < 1.29 is 14.7 Å². The van der Waals surface area contributed by atoms with Crippen LogP contribution >= 0.6 is 11.3 Å². The van der Waals surface area contributed by atoms with Crippen LogP contribution in [0.4, 0.5) is 9.80 Å². The molecule has 0 atom stereocenters. The fourth-order valence-corrected chi connectivity index (χ4v) is 2.53. The molecule has 2 rings (SSSR count). The van der Waals surface area contributed by atoms with Crippen LogP contribution in [0.2, 0.25) is 0 Å². The fraction of sp³-hybridized carbons (Fsp3) is 0.214. The fourth-order valence-electron chi connectivity index (χ4n) is 1.77. The van der Waals surface area contributed by atoms with E-state index in [0.29, 0.717) is 18.1 Å². The topological polar surface area (TPSA) is 82.5 Å². The van der Waals surface area contributed by atoms with E-state index in [1.165, 1.54) is 17.4 Å². The highest BCUT2D eigenvalue weighted by molar-refractivity contribution is 7.14. The summed E-state index contributed by atoms with van der Waals surface area (Å²) in [7, 11) is 0. The Kier molecular flexibility index (Phi) is 4.89. The summed E-state index contributed by atoms with van der Waals surface area (Å²) in [6.07, 6.45) is 1.67. The summed E-state index contributed by atoms with van der Waals surface area (Å²) >= 11 is 1.19. The molecule has 2 aromatic heterocycles. The molecule has 2 aromatic rings. The van der Waals surface area contributed by atoms with Crippen LogP contribution in [-0.4, -0.2) is 33.5 Å². The largest absolute Gasteiger partial charge is 0.478 e. The maximum atomic E-state index is 12.2. The summed E-state index contributed by atoms with van der Waals surface area (Å²) in [6, 6.07) is 6.63. The third-order valence-corrected chi connectivity index (χ3v) is 3.69. The molecular weight excluding hydrogens is 290 g/mol. The van der Waals surface area contributed by atoms with Crippen molar-refractivity contribution in [2.45, 2.75) is 13.5 Å². The van der Waals surface area contributed by atoms with Crippen molar-refractivity contribution in [2.24, 2.45) is 0 Å². The number of hydrogen-bond donors (Lipinski definition) is 2. The molecule has 7 heteroatoms. The first-order valence-electron chi connectivity index (χ1n) is 6.38. The Morgan fingerprint density at radius 3 is 2.81 bits per heavy atom. The number of pyridine rings is 1. The second-order valence-electron chi connectivity index (χ2n) is 4.23. The molecular formula is C14H15N3O3S. The van der Waals surface area contributed by atoms with Gasteiger partial charge >= 0.3 is 12.0 Å². The lowest BCUT2D eigenvalue weighted by Gasteiger charge is -2.20. The van der Waals surface area contributed by atoms with Crippen LogP contribution in [0.5, 0.6) is 0 Å². The molecule has 0 aliphatic carbocycles. The number of anilines is 1. The lowest BCUT2D eigenvalue weighted by atomic mass is 10.3. The number of thiophene rings is 1. The van der Waals surface area contributed by atoms with Gasteiger partial charge in [-0.3, -0.25) is 10.3 Å². The monoisotopic (exact) mass is 305 g/mol. The number of aromatic carboxylic acids is 1. The van der Waals surface area contributed by atoms with Crippen molar-refractivity contribution in [2.75, 3.05) is 11.9 Å². The van der Waals surface area contributed by atoms with Gasteiger partial charge in [-0.1, -0.05) is 6.07 Å². The minimum atomic E-state index is -1.06. The van der Waals surface area contributed by atoms with Gasteiger partial charge in [0.15, 0.2) is 0 Å². The highest BCUT2D eigenvalue weighted by Gasteiger charge is 2.17. The standard InChI is InChI=1S/C14H15N3O3S/c1-2-17(9-10-5-3-4-7-15-10)14(20)16-12-11(13(18)19)6-8-21-12/h3-8H,2,9H2,1H3,(H,16,20)(H,18,19). The Morgan fingerprint density at radius 2 is 2.19 bits per heavy atom. The van der Waals surface area contributed by atoms with E-state index >= 15 is 0 Å². The molecule has 0 saturated heterocycles. The predicted molar refractivity (Wildman–Crippen MR) is 80.6 cm³/mol. The molecule has 0 bridgehead atoms. The Bertz CT molecular complexity index is 627. The number of urea groups is 1. The van der Waals surface area contributed by atoms with Gasteiger partial charge in [0.2, 0.25) is 0 Å². The molecule has 0 aliphatic heterocycles. The van der Waals surface area contributed by atoms with E-state index in [4.69, 9.17) is 5.11 Å². The molecule has 2 heterocycles. The first kappa shape index (κ1) is 15.0. The van der Waals surface area contributed by atoms with Crippen LogP contribution in [-0.2, 0) is 6.54 Å². The summed E-state index contributed by atoms with van der Waals surface area (Å²) in [5, 5.41) is 13.6. The third-order valence-electron chi connectivity index (χ3n) is 2.86. The number of amides is 2. The average Bonchev–Trinajstić information content (AvgIpc) is 2.94. The predicted octanol–water partition coefficient (Wildman–Crippen LogP) is 2.90. The third kappa shape index (κ3) is 3.79. The zero-order chi connectivity index (χ0) is 15.2. The molecule has 21 heavy (non-hydrogen) atoms. The van der Waals surface area contributed by atoms with Gasteiger partial charge in [-0.15, -0.1) is 11.3 Å². The number of carboxylic acid groups (broad SMARTS) is 1. The molecule has 0 saturated carbocycles. The lowest BCUT2D eigenvalue weighted by molar-refractivity contribution is 0.0698. The van der Waals surface area contributed by atoms with Crippen molar-refractivity contribution in [3.63, 3.8) is 0 Å². The highest BCUT2D eigenvalue weighted by Crippen LogP contribution is 2.23. The van der Waals surface area contributed by atoms with Crippen LogP contribution in [0.3, 0.4) is 0 Å². The Balaban J connectivity index is 2.06. The smallest absolute Gasteiger partial charge is 0.338 e. The van der Waals surface area contributed by atoms with E-state index in [-0.39, 0.29) is 11.6 Å². The molecule has 6 nitrogen and oxygen atoms in total. The van der Waals surface area contributed by atoms with Crippen molar-refractivity contribution in [3.05, 3.63) is 47.1 Å². The summed E-state index contributed by atoms with van der Waals surface area (Å²) in [6.45, 7) is 2.72. The summed E-state index contributed by atoms with van der Waals surface area (Å²) < 4.78 is 0. The van der Waals surface area contributed by atoms with Gasteiger partial charge in [-0.05, 0) is 30.5 Å². The van der Waals surface area contributed by atoms with Gasteiger partial charge in [0.25, 0.3) is 0 Å². The second kappa shape index (κ2) is 6.85. The van der Waals surface area contributed by atoms with E-state index in [0.717, 1.165) is 5.69 Å². The summed E-state index contributed by atoms with van der Waals surface area (Å²) in [5.41, 5.74) is 0.876. The van der Waals surface area contributed by atoms with Gasteiger partial charge in [-0.25, -0.2) is 9.59 Å². The van der Waals surface area contributed by atoms with E-state index in [9.17, 15) is 9.59 Å². The highest BCUT2D eigenvalue weighted by atomic mass is 32.1. The van der Waals surface area contributed by atoms with E-state index in [1.54, 1.807) is 16.5 Å². The van der Waals surface area contributed by atoms with Crippen LogP contribution < -0.4 is 5.32 Å². The minimum absolute atomic E-state index is 0.0993. The van der Waals surface area contributed by atoms with Gasteiger partial charge in [0, 0.05) is 12.7 Å². The number of carbonyl (C=O) groups is 2.